The zero-order valence-corrected chi connectivity index (χ0v) is 9.72. The summed E-state index contributed by atoms with van der Waals surface area (Å²) in [6, 6.07) is 7.20. The molecule has 0 unspecified atom stereocenters. The molecule has 1 aromatic carbocycles. The summed E-state index contributed by atoms with van der Waals surface area (Å²) in [6.45, 7) is 0.197. The van der Waals surface area contributed by atoms with Crippen molar-refractivity contribution in [2.45, 2.75) is 6.54 Å². The van der Waals surface area contributed by atoms with Crippen LogP contribution in [0.1, 0.15) is 5.56 Å². The third kappa shape index (κ3) is 2.86. The number of nitro benzene ring substituents is 2. The minimum absolute atomic E-state index is 0.197. The molecule has 0 aliphatic carbocycles. The van der Waals surface area contributed by atoms with E-state index in [2.05, 4.69) is 5.43 Å². The molecule has 0 atom stereocenters. The first-order valence-electron chi connectivity index (χ1n) is 5.36. The van der Waals surface area contributed by atoms with Crippen LogP contribution in [0.2, 0.25) is 0 Å². The van der Waals surface area contributed by atoms with Gasteiger partial charge in [-0.25, -0.2) is 0 Å². The molecule has 2 aromatic rings. The molecule has 1 heterocycles. The maximum absolute atomic E-state index is 10.9. The average Bonchev–Trinajstić information content (AvgIpc) is 2.89. The molecule has 0 aliphatic heterocycles. The molecule has 1 aromatic heterocycles. The predicted molar refractivity (Wildman–Crippen MR) is 67.2 cm³/mol. The number of hydrogen-bond acceptors (Lipinski definition) is 5. The Bertz CT molecular complexity index is 609. The van der Waals surface area contributed by atoms with Crippen LogP contribution in [-0.4, -0.2) is 14.5 Å². The van der Waals surface area contributed by atoms with Crippen LogP contribution in [0.5, 0.6) is 0 Å². The highest BCUT2D eigenvalue weighted by Crippen LogP contribution is 2.24. The normalized spacial score (nSPS) is 10.1. The van der Waals surface area contributed by atoms with Gasteiger partial charge in [0.25, 0.3) is 11.4 Å². The summed E-state index contributed by atoms with van der Waals surface area (Å²) in [7, 11) is 0. The molecule has 0 radical (unpaired) electrons. The van der Waals surface area contributed by atoms with Gasteiger partial charge in [-0.3, -0.25) is 24.9 Å². The largest absolute Gasteiger partial charge is 0.322 e. The minimum atomic E-state index is -0.657. The first kappa shape index (κ1) is 12.6. The van der Waals surface area contributed by atoms with E-state index in [0.717, 1.165) is 6.07 Å². The number of nitro groups is 2. The van der Waals surface area contributed by atoms with E-state index in [4.69, 9.17) is 0 Å². The standard InChI is InChI=1S/C11H10N4O4/c16-14(17)10-4-3-9(11(7-10)15(18)19)8-12-13-5-1-2-6-13/h1-7,12H,8H2. The van der Waals surface area contributed by atoms with E-state index in [0.29, 0.717) is 5.56 Å². The lowest BCUT2D eigenvalue weighted by atomic mass is 10.1. The van der Waals surface area contributed by atoms with Gasteiger partial charge in [0.2, 0.25) is 0 Å². The highest BCUT2D eigenvalue weighted by molar-refractivity contribution is 5.49. The Morgan fingerprint density at radius 3 is 2.37 bits per heavy atom. The summed E-state index contributed by atoms with van der Waals surface area (Å²) in [6.07, 6.45) is 3.49. The van der Waals surface area contributed by atoms with Crippen molar-refractivity contribution >= 4 is 11.4 Å². The van der Waals surface area contributed by atoms with Crippen molar-refractivity contribution in [3.63, 3.8) is 0 Å². The van der Waals surface area contributed by atoms with Crippen molar-refractivity contribution in [3.8, 4) is 0 Å². The van der Waals surface area contributed by atoms with Crippen molar-refractivity contribution in [1.29, 1.82) is 0 Å². The number of aromatic nitrogens is 1. The van der Waals surface area contributed by atoms with Crippen LogP contribution >= 0.6 is 0 Å². The van der Waals surface area contributed by atoms with E-state index < -0.39 is 9.85 Å². The van der Waals surface area contributed by atoms with Crippen molar-refractivity contribution in [2.24, 2.45) is 0 Å². The molecule has 0 bridgehead atoms. The maximum Gasteiger partial charge on any atom is 0.281 e. The van der Waals surface area contributed by atoms with Gasteiger partial charge >= 0.3 is 0 Å². The second-order valence-electron chi connectivity index (χ2n) is 3.75. The van der Waals surface area contributed by atoms with Crippen LogP contribution in [0.15, 0.2) is 42.7 Å². The van der Waals surface area contributed by atoms with Gasteiger partial charge < -0.3 is 5.43 Å². The van der Waals surface area contributed by atoms with Crippen molar-refractivity contribution in [2.75, 3.05) is 5.43 Å². The van der Waals surface area contributed by atoms with Gasteiger partial charge in [-0.1, -0.05) is 0 Å². The number of rotatable bonds is 5. The van der Waals surface area contributed by atoms with E-state index >= 15 is 0 Å². The highest BCUT2D eigenvalue weighted by Gasteiger charge is 2.18. The number of hydrogen-bond donors (Lipinski definition) is 1. The van der Waals surface area contributed by atoms with Gasteiger partial charge in [0.1, 0.15) is 0 Å². The molecule has 0 amide bonds. The summed E-state index contributed by atoms with van der Waals surface area (Å²) in [5, 5.41) is 21.5. The van der Waals surface area contributed by atoms with Gasteiger partial charge in [-0.05, 0) is 18.2 Å². The van der Waals surface area contributed by atoms with Crippen LogP contribution in [0, 0.1) is 20.2 Å². The third-order valence-electron chi connectivity index (χ3n) is 2.53. The Morgan fingerprint density at radius 2 is 1.79 bits per heavy atom. The van der Waals surface area contributed by atoms with E-state index in [-0.39, 0.29) is 17.9 Å². The molecule has 2 rings (SSSR count). The van der Waals surface area contributed by atoms with Crippen LogP contribution in [0.3, 0.4) is 0 Å². The molecule has 19 heavy (non-hydrogen) atoms. The summed E-state index contributed by atoms with van der Waals surface area (Å²) >= 11 is 0. The molecule has 0 saturated carbocycles. The van der Waals surface area contributed by atoms with E-state index in [9.17, 15) is 20.2 Å². The van der Waals surface area contributed by atoms with Crippen molar-refractivity contribution in [3.05, 3.63) is 68.5 Å². The van der Waals surface area contributed by atoms with E-state index in [1.165, 1.54) is 12.1 Å². The van der Waals surface area contributed by atoms with Gasteiger partial charge in [-0.2, -0.15) is 0 Å². The molecule has 98 valence electrons. The highest BCUT2D eigenvalue weighted by atomic mass is 16.6. The lowest BCUT2D eigenvalue weighted by Crippen LogP contribution is -2.13. The van der Waals surface area contributed by atoms with Crippen LogP contribution < -0.4 is 5.43 Å². The summed E-state index contributed by atoms with van der Waals surface area (Å²) in [4.78, 5) is 20.2. The van der Waals surface area contributed by atoms with Crippen molar-refractivity contribution in [1.82, 2.24) is 4.68 Å². The smallest absolute Gasteiger partial charge is 0.281 e. The van der Waals surface area contributed by atoms with Crippen LogP contribution in [-0.2, 0) is 6.54 Å². The molecular formula is C11H10N4O4. The first-order chi connectivity index (χ1) is 9.08. The number of non-ortho nitro benzene ring substituents is 1. The fraction of sp³-hybridized carbons (Fsp3) is 0.0909. The monoisotopic (exact) mass is 262 g/mol. The quantitative estimate of drug-likeness (QED) is 0.656. The minimum Gasteiger partial charge on any atom is -0.322 e. The molecular weight excluding hydrogens is 252 g/mol. The van der Waals surface area contributed by atoms with Gasteiger partial charge in [0, 0.05) is 18.5 Å². The van der Waals surface area contributed by atoms with Gasteiger partial charge in [-0.15, -0.1) is 0 Å². The van der Waals surface area contributed by atoms with Crippen molar-refractivity contribution < 1.29 is 9.85 Å². The Morgan fingerprint density at radius 1 is 1.11 bits per heavy atom. The lowest BCUT2D eigenvalue weighted by molar-refractivity contribution is -0.394. The van der Waals surface area contributed by atoms with Gasteiger partial charge in [0.15, 0.2) is 0 Å². The molecule has 0 saturated heterocycles. The second kappa shape index (κ2) is 5.17. The molecule has 8 nitrogen and oxygen atoms in total. The zero-order valence-electron chi connectivity index (χ0n) is 9.72. The number of nitrogens with zero attached hydrogens (tertiary/aromatic N) is 3. The third-order valence-corrected chi connectivity index (χ3v) is 2.53. The molecule has 8 heteroatoms. The SMILES string of the molecule is O=[N+]([O-])c1ccc(CNn2cccc2)c([N+](=O)[O-])c1. The number of benzene rings is 1. The summed E-state index contributed by atoms with van der Waals surface area (Å²) < 4.78 is 1.64. The fourth-order valence-electron chi connectivity index (χ4n) is 1.60. The molecule has 0 aliphatic rings. The zero-order chi connectivity index (χ0) is 13.8. The van der Waals surface area contributed by atoms with Crippen LogP contribution in [0.4, 0.5) is 11.4 Å². The Balaban J connectivity index is 2.24. The average molecular weight is 262 g/mol. The van der Waals surface area contributed by atoms with Gasteiger partial charge in [0.05, 0.1) is 28.0 Å². The molecule has 0 fully saturated rings. The summed E-state index contributed by atoms with van der Waals surface area (Å²) in [5.74, 6) is 0. The van der Waals surface area contributed by atoms with Crippen LogP contribution in [0.25, 0.3) is 0 Å². The first-order valence-corrected chi connectivity index (χ1v) is 5.36. The second-order valence-corrected chi connectivity index (χ2v) is 3.75. The number of nitrogens with one attached hydrogen (secondary N) is 1. The lowest BCUT2D eigenvalue weighted by Gasteiger charge is -2.07. The Labute approximate surface area is 107 Å². The van der Waals surface area contributed by atoms with E-state index in [1.807, 2.05) is 0 Å². The Hall–Kier alpha value is -2.90. The molecule has 0 spiro atoms. The molecule has 1 N–H and O–H groups in total. The topological polar surface area (TPSA) is 103 Å². The maximum atomic E-state index is 10.9. The summed E-state index contributed by atoms with van der Waals surface area (Å²) in [5.41, 5.74) is 2.74. The van der Waals surface area contributed by atoms with E-state index in [1.54, 1.807) is 29.2 Å². The fourth-order valence-corrected chi connectivity index (χ4v) is 1.60. The Kier molecular flexibility index (Phi) is 3.42. The predicted octanol–water partition coefficient (Wildman–Crippen LogP) is 2.05.